The Hall–Kier alpha value is 0.400. The molecule has 4 heavy (non-hydrogen) atoms. The maximum atomic E-state index is 4.62. The van der Waals surface area contributed by atoms with E-state index in [4.69, 9.17) is 0 Å². The molecule has 0 heterocycles. The Morgan fingerprint density at radius 1 is 1.25 bits per heavy atom. The van der Waals surface area contributed by atoms with Crippen LogP contribution in [0.5, 0.6) is 0 Å². The molecule has 0 aromatic carbocycles. The van der Waals surface area contributed by atoms with Crippen molar-refractivity contribution in [3.8, 4) is 0 Å². The lowest BCUT2D eigenvalue weighted by molar-refractivity contribution is 1.07. The Morgan fingerprint density at radius 2 is 1.25 bits per heavy atom. The van der Waals surface area contributed by atoms with E-state index in [-0.39, 0.29) is 23.7 Å². The highest BCUT2D eigenvalue weighted by atomic mass is 79.9. The van der Waals surface area contributed by atoms with Crippen molar-refractivity contribution in [2.75, 3.05) is 6.67 Å². The van der Waals surface area contributed by atoms with Crippen LogP contribution in [-0.4, -0.2) is 6.67 Å². The predicted octanol–water partition coefficient (Wildman–Crippen LogP) is -0.561. The monoisotopic (exact) mass is 126 g/mol. The lowest BCUT2D eigenvalue weighted by atomic mass is 11.3. The summed E-state index contributed by atoms with van der Waals surface area (Å²) in [6.07, 6.45) is 0. The van der Waals surface area contributed by atoms with Crippen molar-refractivity contribution in [2.24, 2.45) is 11.5 Å². The average molecular weight is 127 g/mol. The molecule has 0 spiro atoms. The highest BCUT2D eigenvalue weighted by Gasteiger charge is 1.29. The van der Waals surface area contributed by atoms with Crippen LogP contribution < -0.4 is 11.5 Å². The number of rotatable bonds is 0. The molecule has 0 atom stereocenters. The summed E-state index contributed by atoms with van der Waals surface area (Å²) >= 11 is 0. The van der Waals surface area contributed by atoms with Gasteiger partial charge < -0.3 is 11.5 Å². The van der Waals surface area contributed by atoms with E-state index in [1.807, 2.05) is 0 Å². The van der Waals surface area contributed by atoms with Crippen LogP contribution in [0, 0.1) is 0 Å². The fourth-order valence-corrected chi connectivity index (χ4v) is 0. The van der Waals surface area contributed by atoms with Crippen LogP contribution in [0.4, 0.5) is 0 Å². The van der Waals surface area contributed by atoms with Crippen molar-refractivity contribution < 1.29 is 0 Å². The van der Waals surface area contributed by atoms with Gasteiger partial charge in [-0.3, -0.25) is 0 Å². The summed E-state index contributed by atoms with van der Waals surface area (Å²) in [7, 11) is 0. The summed E-state index contributed by atoms with van der Waals surface area (Å²) in [5, 5.41) is 0. The van der Waals surface area contributed by atoms with Crippen molar-refractivity contribution in [2.45, 2.75) is 0 Å². The molecule has 0 rings (SSSR count). The van der Waals surface area contributed by atoms with E-state index in [1.54, 1.807) is 0 Å². The van der Waals surface area contributed by atoms with Crippen LogP contribution in [0.1, 0.15) is 0 Å². The Balaban J connectivity index is 0. The van der Waals surface area contributed by atoms with Crippen LogP contribution in [-0.2, 0) is 0 Å². The van der Waals surface area contributed by atoms with E-state index in [0.29, 0.717) is 0 Å². The van der Waals surface area contributed by atoms with E-state index in [2.05, 4.69) is 11.5 Å². The molecule has 0 bridgehead atoms. The lowest BCUT2D eigenvalue weighted by Gasteiger charge is -1.56. The van der Waals surface area contributed by atoms with E-state index in [9.17, 15) is 0 Å². The van der Waals surface area contributed by atoms with Gasteiger partial charge in [-0.2, -0.15) is 0 Å². The number of hydrogen-bond donors (Lipinski definition) is 2. The van der Waals surface area contributed by atoms with Gasteiger partial charge in [-0.1, -0.05) is 0 Å². The van der Waals surface area contributed by atoms with Crippen molar-refractivity contribution in [1.82, 2.24) is 0 Å². The average Bonchev–Trinajstić information content (AvgIpc) is 0.918. The normalized spacial score (nSPS) is 4.50. The van der Waals surface area contributed by atoms with Gasteiger partial charge in [0.2, 0.25) is 0 Å². The third-order valence-corrected chi connectivity index (χ3v) is 0. The van der Waals surface area contributed by atoms with Gasteiger partial charge in [0.05, 0.1) is 0 Å². The number of hydrogen-bond acceptors (Lipinski definition) is 2. The zero-order chi connectivity index (χ0) is 2.71. The predicted molar refractivity (Wildman–Crippen MR) is 23.6 cm³/mol. The molecule has 0 aliphatic rings. The third-order valence-electron chi connectivity index (χ3n) is 0. The minimum absolute atomic E-state index is 0. The van der Waals surface area contributed by atoms with Gasteiger partial charge in [0.15, 0.2) is 0 Å². The molecular weight excluding hydrogens is 120 g/mol. The smallest absolute Gasteiger partial charge is 0.0403 e. The molecule has 3 heteroatoms. The second kappa shape index (κ2) is 9.99. The summed E-state index contributed by atoms with van der Waals surface area (Å²) < 4.78 is 0. The highest BCUT2D eigenvalue weighted by Crippen LogP contribution is 0.861. The largest absolute Gasteiger partial charge is 0.319 e. The first-order valence-electron chi connectivity index (χ1n) is 0.816. The fourth-order valence-electron chi connectivity index (χ4n) is 0. The second-order valence-electron chi connectivity index (χ2n) is 0.236. The highest BCUT2D eigenvalue weighted by molar-refractivity contribution is 8.93. The van der Waals surface area contributed by atoms with Gasteiger partial charge in [-0.05, 0) is 0 Å². The third kappa shape index (κ3) is 29.4. The standard InChI is InChI=1S/CH6N2.BrH/c2-1-3;/h1-3H2;1H. The Kier molecular flexibility index (Phi) is 22.1. The van der Waals surface area contributed by atoms with Gasteiger partial charge in [0.1, 0.15) is 0 Å². The van der Waals surface area contributed by atoms with Crippen LogP contribution >= 0.6 is 17.0 Å². The van der Waals surface area contributed by atoms with E-state index in [0.717, 1.165) is 0 Å². The molecule has 0 amide bonds. The zero-order valence-electron chi connectivity index (χ0n) is 2.27. The molecule has 28 valence electrons. The lowest BCUT2D eigenvalue weighted by Crippen LogP contribution is -2.08. The van der Waals surface area contributed by atoms with Crippen LogP contribution in [0.15, 0.2) is 0 Å². The summed E-state index contributed by atoms with van der Waals surface area (Å²) in [5.41, 5.74) is 9.25. The summed E-state index contributed by atoms with van der Waals surface area (Å²) in [6.45, 7) is 0.250. The molecule has 0 saturated carbocycles. The maximum absolute atomic E-state index is 4.62. The molecule has 2 nitrogen and oxygen atoms in total. The molecule has 4 N–H and O–H groups in total. The van der Waals surface area contributed by atoms with Gasteiger partial charge >= 0.3 is 0 Å². The molecule has 0 aromatic rings. The van der Waals surface area contributed by atoms with E-state index in [1.165, 1.54) is 0 Å². The first-order valence-corrected chi connectivity index (χ1v) is 0.816. The van der Waals surface area contributed by atoms with Crippen LogP contribution in [0.2, 0.25) is 0 Å². The summed E-state index contributed by atoms with van der Waals surface area (Å²) in [5.74, 6) is 0. The molecule has 0 saturated heterocycles. The van der Waals surface area contributed by atoms with Gasteiger partial charge in [0.25, 0.3) is 0 Å². The van der Waals surface area contributed by atoms with Crippen LogP contribution in [0.25, 0.3) is 0 Å². The van der Waals surface area contributed by atoms with Gasteiger partial charge in [0, 0.05) is 6.67 Å². The number of nitrogens with two attached hydrogens (primary N) is 2. The van der Waals surface area contributed by atoms with Crippen molar-refractivity contribution >= 4 is 17.0 Å². The number of halogens is 1. The van der Waals surface area contributed by atoms with Crippen molar-refractivity contribution in [1.29, 1.82) is 0 Å². The molecule has 0 fully saturated rings. The fraction of sp³-hybridized carbons (Fsp3) is 1.00. The summed E-state index contributed by atoms with van der Waals surface area (Å²) in [6, 6.07) is 0. The molecule has 0 radical (unpaired) electrons. The van der Waals surface area contributed by atoms with Crippen LogP contribution in [0.3, 0.4) is 0 Å². The van der Waals surface area contributed by atoms with Gasteiger partial charge in [-0.25, -0.2) is 0 Å². The van der Waals surface area contributed by atoms with Crippen molar-refractivity contribution in [3.05, 3.63) is 0 Å². The Bertz CT molecular complexity index is 6.00. The SMILES string of the molecule is Br.NCN. The first kappa shape index (κ1) is 8.83. The molecule has 0 aliphatic heterocycles. The molecule has 0 aromatic heterocycles. The van der Waals surface area contributed by atoms with E-state index < -0.39 is 0 Å². The first-order chi connectivity index (χ1) is 1.41. The quantitative estimate of drug-likeness (QED) is 0.428. The summed E-state index contributed by atoms with van der Waals surface area (Å²) in [4.78, 5) is 0. The second-order valence-corrected chi connectivity index (χ2v) is 0.236. The molecule has 0 aliphatic carbocycles. The molecular formula is CH7BrN2. The maximum Gasteiger partial charge on any atom is 0.0403 e. The van der Waals surface area contributed by atoms with E-state index >= 15 is 0 Å². The van der Waals surface area contributed by atoms with Gasteiger partial charge in [-0.15, -0.1) is 17.0 Å². The minimum Gasteiger partial charge on any atom is -0.319 e. The topological polar surface area (TPSA) is 52.0 Å². The molecule has 0 unspecified atom stereocenters. The Morgan fingerprint density at radius 3 is 1.25 bits per heavy atom. The van der Waals surface area contributed by atoms with Crippen molar-refractivity contribution in [3.63, 3.8) is 0 Å². The Labute approximate surface area is 35.9 Å². The zero-order valence-corrected chi connectivity index (χ0v) is 3.98. The minimum atomic E-state index is 0.